The molecule has 2 aromatic carbocycles. The van der Waals surface area contributed by atoms with E-state index < -0.39 is 39.4 Å². The van der Waals surface area contributed by atoms with E-state index in [4.69, 9.17) is 4.74 Å². The summed E-state index contributed by atoms with van der Waals surface area (Å²) in [6, 6.07) is 17.4. The van der Waals surface area contributed by atoms with Crippen LogP contribution in [0, 0.1) is 11.8 Å². The largest absolute Gasteiger partial charge is 0.461 e. The monoisotopic (exact) mass is 560 g/mol. The van der Waals surface area contributed by atoms with Crippen molar-refractivity contribution in [3.63, 3.8) is 0 Å². The molecule has 1 spiro atoms. The van der Waals surface area contributed by atoms with Gasteiger partial charge in [0.25, 0.3) is 0 Å². The molecule has 2 aromatic rings. The zero-order valence-corrected chi connectivity index (χ0v) is 23.6. The number of carbonyl (C=O) groups is 3. The number of fused-ring (bicyclic) bond motifs is 1. The van der Waals surface area contributed by atoms with E-state index in [0.717, 1.165) is 11.1 Å². The normalized spacial score (nSPS) is 29.1. The first kappa shape index (κ1) is 28.2. The number of likely N-dealkylation sites (tertiary alicyclic amines) is 1. The number of hydrogen-bond acceptors (Lipinski definition) is 6. The summed E-state index contributed by atoms with van der Waals surface area (Å²) >= 11 is 1.59. The van der Waals surface area contributed by atoms with Gasteiger partial charge >= 0.3 is 5.97 Å². The first-order valence-electron chi connectivity index (χ1n) is 13.7. The molecule has 3 fully saturated rings. The minimum Gasteiger partial charge on any atom is -0.461 e. The average Bonchev–Trinajstić information content (AvgIpc) is 3.54. The molecule has 3 saturated heterocycles. The Labute approximate surface area is 239 Å². The van der Waals surface area contributed by atoms with Crippen LogP contribution in [0.4, 0.5) is 0 Å². The van der Waals surface area contributed by atoms with Gasteiger partial charge in [-0.25, -0.2) is 0 Å². The highest BCUT2D eigenvalue weighted by Gasteiger charge is 2.78. The van der Waals surface area contributed by atoms with Crippen molar-refractivity contribution < 1.29 is 24.2 Å². The molecule has 2 amide bonds. The van der Waals surface area contributed by atoms with E-state index in [1.165, 1.54) is 6.08 Å². The Kier molecular flexibility index (Phi) is 7.93. The fourth-order valence-corrected chi connectivity index (χ4v) is 9.29. The molecular formula is C32H36N2O5S. The zero-order chi connectivity index (χ0) is 28.5. The second-order valence-corrected chi connectivity index (χ2v) is 12.9. The number of amides is 2. The molecule has 210 valence electrons. The van der Waals surface area contributed by atoms with Crippen LogP contribution in [-0.4, -0.2) is 68.0 Å². The second-order valence-electron chi connectivity index (χ2n) is 11.0. The Morgan fingerprint density at radius 2 is 1.80 bits per heavy atom. The van der Waals surface area contributed by atoms with E-state index in [1.807, 2.05) is 67.6 Å². The predicted octanol–water partition coefficient (Wildman–Crippen LogP) is 4.15. The minimum atomic E-state index is -0.866. The van der Waals surface area contributed by atoms with Crippen LogP contribution in [0.25, 0.3) is 0 Å². The van der Waals surface area contributed by atoms with Gasteiger partial charge in [0.2, 0.25) is 11.8 Å². The van der Waals surface area contributed by atoms with Gasteiger partial charge in [-0.15, -0.1) is 18.3 Å². The fourth-order valence-electron chi connectivity index (χ4n) is 6.96. The third-order valence-corrected chi connectivity index (χ3v) is 10.6. The Hall–Kier alpha value is -3.36. The van der Waals surface area contributed by atoms with Crippen LogP contribution in [0.5, 0.6) is 0 Å². The van der Waals surface area contributed by atoms with E-state index >= 15 is 0 Å². The van der Waals surface area contributed by atoms with Gasteiger partial charge in [-0.3, -0.25) is 14.4 Å². The number of esters is 1. The summed E-state index contributed by atoms with van der Waals surface area (Å²) in [5.74, 6) is -2.35. The molecule has 2 unspecified atom stereocenters. The van der Waals surface area contributed by atoms with Crippen LogP contribution in [0.2, 0.25) is 0 Å². The summed E-state index contributed by atoms with van der Waals surface area (Å²) in [5, 5.41) is 10.7. The van der Waals surface area contributed by atoms with Gasteiger partial charge in [-0.05, 0) is 30.9 Å². The SMILES string of the molecule is C=CCOC(=O)[C@H]1[C@H]2C(=O)N([C@H](CO)c3ccccc3)C(C(=O)N(CC=C)Cc3ccccc3)C23CC[C@]1(C)S3. The highest BCUT2D eigenvalue weighted by atomic mass is 32.2. The molecular weight excluding hydrogens is 524 g/mol. The Morgan fingerprint density at radius 3 is 2.42 bits per heavy atom. The van der Waals surface area contributed by atoms with E-state index in [2.05, 4.69) is 13.2 Å². The quantitative estimate of drug-likeness (QED) is 0.328. The molecule has 3 aliphatic rings. The van der Waals surface area contributed by atoms with E-state index in [1.54, 1.807) is 27.6 Å². The number of aliphatic hydroxyl groups excluding tert-OH is 1. The van der Waals surface area contributed by atoms with E-state index in [-0.39, 0.29) is 25.0 Å². The maximum atomic E-state index is 14.7. The molecule has 5 rings (SSSR count). The lowest BCUT2D eigenvalue weighted by Crippen LogP contribution is -2.55. The first-order valence-corrected chi connectivity index (χ1v) is 14.5. The summed E-state index contributed by atoms with van der Waals surface area (Å²) in [4.78, 5) is 45.9. The lowest BCUT2D eigenvalue weighted by molar-refractivity contribution is -0.155. The number of ether oxygens (including phenoxy) is 1. The number of nitrogens with zero attached hydrogens (tertiary/aromatic N) is 2. The molecule has 2 bridgehead atoms. The first-order chi connectivity index (χ1) is 19.3. The van der Waals surface area contributed by atoms with Gasteiger partial charge < -0.3 is 19.6 Å². The standard InChI is InChI=1S/C32H36N2O5S/c1-4-18-33(20-22-12-8-6-9-13-22)29(37)27-32-17-16-31(3,40-32)26(30(38)39-19-5-2)25(32)28(36)34(27)24(21-35)23-14-10-7-11-15-23/h4-15,24-27,35H,1-2,16-21H2,3H3/t24-,25+,26-,27?,31+,32?/m1/s1. The van der Waals surface area contributed by atoms with E-state index in [9.17, 15) is 19.5 Å². The predicted molar refractivity (Wildman–Crippen MR) is 155 cm³/mol. The third kappa shape index (κ3) is 4.57. The Bertz CT molecular complexity index is 1290. The smallest absolute Gasteiger partial charge is 0.311 e. The fraction of sp³-hybridized carbons (Fsp3) is 0.406. The average molecular weight is 561 g/mol. The lowest BCUT2D eigenvalue weighted by atomic mass is 9.66. The van der Waals surface area contributed by atoms with Gasteiger partial charge in [0, 0.05) is 17.8 Å². The molecule has 40 heavy (non-hydrogen) atoms. The minimum absolute atomic E-state index is 0.0591. The summed E-state index contributed by atoms with van der Waals surface area (Å²) < 4.78 is 4.16. The zero-order valence-electron chi connectivity index (χ0n) is 22.8. The van der Waals surface area contributed by atoms with Crippen molar-refractivity contribution in [3.8, 4) is 0 Å². The molecule has 0 saturated carbocycles. The van der Waals surface area contributed by atoms with Gasteiger partial charge in [0.05, 0.1) is 29.2 Å². The van der Waals surface area contributed by atoms with Crippen molar-refractivity contribution in [3.05, 3.63) is 97.1 Å². The molecule has 3 aliphatic heterocycles. The molecule has 0 aromatic heterocycles. The summed E-state index contributed by atoms with van der Waals surface area (Å²) in [5.41, 5.74) is 1.70. The Balaban J connectivity index is 1.61. The summed E-state index contributed by atoms with van der Waals surface area (Å²) in [7, 11) is 0. The van der Waals surface area contributed by atoms with Crippen molar-refractivity contribution in [1.82, 2.24) is 9.80 Å². The summed E-state index contributed by atoms with van der Waals surface area (Å²) in [6.07, 6.45) is 4.50. The number of thioether (sulfide) groups is 1. The van der Waals surface area contributed by atoms with Crippen LogP contribution < -0.4 is 0 Å². The van der Waals surface area contributed by atoms with Crippen molar-refractivity contribution in [1.29, 1.82) is 0 Å². The maximum absolute atomic E-state index is 14.7. The van der Waals surface area contributed by atoms with Crippen LogP contribution in [0.3, 0.4) is 0 Å². The molecule has 6 atom stereocenters. The molecule has 1 N–H and O–H groups in total. The highest BCUT2D eigenvalue weighted by molar-refractivity contribution is 8.02. The second kappa shape index (κ2) is 11.3. The highest BCUT2D eigenvalue weighted by Crippen LogP contribution is 2.72. The van der Waals surface area contributed by atoms with Crippen LogP contribution in [0.1, 0.15) is 36.9 Å². The maximum Gasteiger partial charge on any atom is 0.311 e. The van der Waals surface area contributed by atoms with Gasteiger partial charge in [-0.1, -0.05) is 79.4 Å². The number of benzene rings is 2. The molecule has 3 heterocycles. The van der Waals surface area contributed by atoms with E-state index in [0.29, 0.717) is 25.9 Å². The van der Waals surface area contributed by atoms with Crippen molar-refractivity contribution >= 4 is 29.5 Å². The van der Waals surface area contributed by atoms with Crippen molar-refractivity contribution in [2.75, 3.05) is 19.8 Å². The van der Waals surface area contributed by atoms with Crippen molar-refractivity contribution in [2.24, 2.45) is 11.8 Å². The van der Waals surface area contributed by atoms with Crippen LogP contribution >= 0.6 is 11.8 Å². The van der Waals surface area contributed by atoms with Crippen LogP contribution in [-0.2, 0) is 25.7 Å². The molecule has 0 radical (unpaired) electrons. The summed E-state index contributed by atoms with van der Waals surface area (Å²) in [6.45, 7) is 9.90. The molecule has 7 nitrogen and oxygen atoms in total. The van der Waals surface area contributed by atoms with Gasteiger partial charge in [0.15, 0.2) is 0 Å². The van der Waals surface area contributed by atoms with Crippen LogP contribution in [0.15, 0.2) is 86.0 Å². The number of hydrogen-bond donors (Lipinski definition) is 1. The van der Waals surface area contributed by atoms with Gasteiger partial charge in [0.1, 0.15) is 12.6 Å². The molecule has 8 heteroatoms. The molecule has 0 aliphatic carbocycles. The number of rotatable bonds is 11. The topological polar surface area (TPSA) is 87.1 Å². The Morgan fingerprint density at radius 1 is 1.12 bits per heavy atom. The van der Waals surface area contributed by atoms with Gasteiger partial charge in [-0.2, -0.15) is 0 Å². The third-order valence-electron chi connectivity index (χ3n) is 8.62. The number of aliphatic hydroxyl groups is 1. The lowest BCUT2D eigenvalue weighted by Gasteiger charge is -2.39. The number of carbonyl (C=O) groups excluding carboxylic acids is 3. The van der Waals surface area contributed by atoms with Crippen molar-refractivity contribution in [2.45, 2.75) is 47.9 Å².